The van der Waals surface area contributed by atoms with Crippen molar-refractivity contribution in [3.05, 3.63) is 36.7 Å². The van der Waals surface area contributed by atoms with Gasteiger partial charge in [0.25, 0.3) is 0 Å². The number of aromatic nitrogens is 2. The Morgan fingerprint density at radius 2 is 1.35 bits per heavy atom. The zero-order valence-corrected chi connectivity index (χ0v) is 9.68. The molecule has 0 saturated heterocycles. The number of rotatable bonds is 4. The van der Waals surface area contributed by atoms with Crippen molar-refractivity contribution in [1.29, 1.82) is 0 Å². The number of anilines is 2. The number of nitrogens with zero attached hydrogens (tertiary/aromatic N) is 2. The summed E-state index contributed by atoms with van der Waals surface area (Å²) < 4.78 is 10.2. The standard InChI is InChI=1S/C12H13N3O2/c1-16-9-3-5-13-11(7-9)15-12-8-10(17-2)4-6-14-12/h3-8H,1-2H3,(H,13,14,15). The van der Waals surface area contributed by atoms with Crippen LogP contribution in [0.5, 0.6) is 11.5 Å². The first-order chi connectivity index (χ1) is 8.31. The van der Waals surface area contributed by atoms with Crippen LogP contribution in [-0.4, -0.2) is 24.2 Å². The number of hydrogen-bond acceptors (Lipinski definition) is 5. The molecule has 0 amide bonds. The molecule has 0 aliphatic heterocycles. The van der Waals surface area contributed by atoms with E-state index in [1.54, 1.807) is 50.9 Å². The monoisotopic (exact) mass is 231 g/mol. The molecule has 5 heteroatoms. The summed E-state index contributed by atoms with van der Waals surface area (Å²) in [5.74, 6) is 2.82. The fourth-order valence-electron chi connectivity index (χ4n) is 1.34. The predicted molar refractivity (Wildman–Crippen MR) is 64.9 cm³/mol. The lowest BCUT2D eigenvalue weighted by Gasteiger charge is -2.07. The molecular weight excluding hydrogens is 218 g/mol. The van der Waals surface area contributed by atoms with Gasteiger partial charge in [-0.25, -0.2) is 9.97 Å². The van der Waals surface area contributed by atoms with Gasteiger partial charge in [0.1, 0.15) is 23.1 Å². The van der Waals surface area contributed by atoms with Crippen LogP contribution in [0, 0.1) is 0 Å². The average Bonchev–Trinajstić information content (AvgIpc) is 2.39. The Bertz CT molecular complexity index is 457. The Hall–Kier alpha value is -2.30. The van der Waals surface area contributed by atoms with Crippen LogP contribution in [0.2, 0.25) is 0 Å². The fraction of sp³-hybridized carbons (Fsp3) is 0.167. The molecule has 1 N–H and O–H groups in total. The second-order valence-electron chi connectivity index (χ2n) is 3.29. The molecule has 0 saturated carbocycles. The topological polar surface area (TPSA) is 56.3 Å². The van der Waals surface area contributed by atoms with E-state index in [9.17, 15) is 0 Å². The van der Waals surface area contributed by atoms with Gasteiger partial charge in [-0.2, -0.15) is 0 Å². The first-order valence-electron chi connectivity index (χ1n) is 5.09. The van der Waals surface area contributed by atoms with E-state index in [1.165, 1.54) is 0 Å². The highest BCUT2D eigenvalue weighted by atomic mass is 16.5. The summed E-state index contributed by atoms with van der Waals surface area (Å²) in [5.41, 5.74) is 0. The SMILES string of the molecule is COc1ccnc(Nc2cc(OC)ccn2)c1. The van der Waals surface area contributed by atoms with Gasteiger partial charge < -0.3 is 14.8 Å². The molecule has 2 heterocycles. The van der Waals surface area contributed by atoms with Gasteiger partial charge in [0.15, 0.2) is 0 Å². The third-order valence-corrected chi connectivity index (χ3v) is 2.19. The van der Waals surface area contributed by atoms with E-state index in [1.807, 2.05) is 0 Å². The minimum absolute atomic E-state index is 0.671. The largest absolute Gasteiger partial charge is 0.497 e. The minimum atomic E-state index is 0.671. The van der Waals surface area contributed by atoms with E-state index in [0.29, 0.717) is 11.6 Å². The van der Waals surface area contributed by atoms with Crippen LogP contribution in [0.15, 0.2) is 36.7 Å². The Kier molecular flexibility index (Phi) is 3.40. The predicted octanol–water partition coefficient (Wildman–Crippen LogP) is 2.24. The van der Waals surface area contributed by atoms with Crippen molar-refractivity contribution >= 4 is 11.6 Å². The molecule has 0 unspecified atom stereocenters. The molecule has 0 spiro atoms. The van der Waals surface area contributed by atoms with Crippen LogP contribution in [0.25, 0.3) is 0 Å². The molecule has 0 radical (unpaired) electrons. The lowest BCUT2D eigenvalue weighted by atomic mass is 10.4. The quantitative estimate of drug-likeness (QED) is 0.874. The molecule has 5 nitrogen and oxygen atoms in total. The van der Waals surface area contributed by atoms with Gasteiger partial charge in [-0.3, -0.25) is 0 Å². The van der Waals surface area contributed by atoms with Crippen LogP contribution < -0.4 is 14.8 Å². The fourth-order valence-corrected chi connectivity index (χ4v) is 1.34. The Balaban J connectivity index is 2.18. The average molecular weight is 231 g/mol. The summed E-state index contributed by atoms with van der Waals surface area (Å²) in [6, 6.07) is 7.15. The molecule has 17 heavy (non-hydrogen) atoms. The molecule has 0 bridgehead atoms. The molecule has 0 aliphatic rings. The summed E-state index contributed by atoms with van der Waals surface area (Å²) in [5, 5.41) is 3.07. The van der Waals surface area contributed by atoms with E-state index in [4.69, 9.17) is 9.47 Å². The highest BCUT2D eigenvalue weighted by Gasteiger charge is 2.00. The van der Waals surface area contributed by atoms with Gasteiger partial charge in [0, 0.05) is 24.5 Å². The van der Waals surface area contributed by atoms with E-state index < -0.39 is 0 Å². The maximum absolute atomic E-state index is 5.11. The Morgan fingerprint density at radius 3 is 1.76 bits per heavy atom. The van der Waals surface area contributed by atoms with Crippen molar-refractivity contribution in [3.8, 4) is 11.5 Å². The van der Waals surface area contributed by atoms with Gasteiger partial charge in [0.05, 0.1) is 14.2 Å². The number of methoxy groups -OCH3 is 2. The molecule has 2 rings (SSSR count). The van der Waals surface area contributed by atoms with Gasteiger partial charge in [-0.15, -0.1) is 0 Å². The molecule has 2 aromatic rings. The third kappa shape index (κ3) is 2.84. The van der Waals surface area contributed by atoms with Crippen molar-refractivity contribution < 1.29 is 9.47 Å². The molecule has 88 valence electrons. The molecule has 0 aromatic carbocycles. The van der Waals surface area contributed by atoms with Crippen molar-refractivity contribution in [2.75, 3.05) is 19.5 Å². The second-order valence-corrected chi connectivity index (χ2v) is 3.29. The van der Waals surface area contributed by atoms with Crippen LogP contribution in [-0.2, 0) is 0 Å². The van der Waals surface area contributed by atoms with E-state index in [2.05, 4.69) is 15.3 Å². The van der Waals surface area contributed by atoms with Crippen LogP contribution in [0.1, 0.15) is 0 Å². The van der Waals surface area contributed by atoms with E-state index in [0.717, 1.165) is 11.5 Å². The Labute approximate surface area is 99.4 Å². The molecule has 2 aromatic heterocycles. The minimum Gasteiger partial charge on any atom is -0.497 e. The Morgan fingerprint density at radius 1 is 0.882 bits per heavy atom. The second kappa shape index (κ2) is 5.16. The molecule has 0 aliphatic carbocycles. The number of hydrogen-bond donors (Lipinski definition) is 1. The zero-order chi connectivity index (χ0) is 12.1. The summed E-state index contributed by atoms with van der Waals surface area (Å²) in [4.78, 5) is 8.33. The first-order valence-corrected chi connectivity index (χ1v) is 5.09. The van der Waals surface area contributed by atoms with Gasteiger partial charge >= 0.3 is 0 Å². The highest BCUT2D eigenvalue weighted by Crippen LogP contribution is 2.20. The van der Waals surface area contributed by atoms with Gasteiger partial charge in [-0.1, -0.05) is 0 Å². The van der Waals surface area contributed by atoms with Gasteiger partial charge in [-0.05, 0) is 12.1 Å². The molecule has 0 fully saturated rings. The van der Waals surface area contributed by atoms with Crippen LogP contribution in [0.4, 0.5) is 11.6 Å². The third-order valence-electron chi connectivity index (χ3n) is 2.19. The van der Waals surface area contributed by atoms with E-state index in [-0.39, 0.29) is 0 Å². The number of ether oxygens (including phenoxy) is 2. The molecular formula is C12H13N3O2. The highest BCUT2D eigenvalue weighted by molar-refractivity contribution is 5.54. The molecule has 0 atom stereocenters. The first kappa shape index (κ1) is 11.2. The van der Waals surface area contributed by atoms with Crippen molar-refractivity contribution in [2.24, 2.45) is 0 Å². The van der Waals surface area contributed by atoms with Crippen LogP contribution in [0.3, 0.4) is 0 Å². The smallest absolute Gasteiger partial charge is 0.135 e. The maximum Gasteiger partial charge on any atom is 0.135 e. The van der Waals surface area contributed by atoms with Crippen LogP contribution >= 0.6 is 0 Å². The van der Waals surface area contributed by atoms with Crippen molar-refractivity contribution in [1.82, 2.24) is 9.97 Å². The lowest BCUT2D eigenvalue weighted by Crippen LogP contribution is -1.96. The van der Waals surface area contributed by atoms with E-state index >= 15 is 0 Å². The van der Waals surface area contributed by atoms with Crippen molar-refractivity contribution in [3.63, 3.8) is 0 Å². The maximum atomic E-state index is 5.11. The summed E-state index contributed by atoms with van der Waals surface area (Å²) in [6.45, 7) is 0. The lowest BCUT2D eigenvalue weighted by molar-refractivity contribution is 0.414. The summed E-state index contributed by atoms with van der Waals surface area (Å²) in [6.07, 6.45) is 3.34. The van der Waals surface area contributed by atoms with Crippen molar-refractivity contribution in [2.45, 2.75) is 0 Å². The normalized spacial score (nSPS) is 9.76. The number of pyridine rings is 2. The summed E-state index contributed by atoms with van der Waals surface area (Å²) in [7, 11) is 3.23. The number of nitrogens with one attached hydrogen (secondary N) is 1. The zero-order valence-electron chi connectivity index (χ0n) is 9.68. The summed E-state index contributed by atoms with van der Waals surface area (Å²) >= 11 is 0. The van der Waals surface area contributed by atoms with Gasteiger partial charge in [0.2, 0.25) is 0 Å².